The van der Waals surface area contributed by atoms with E-state index in [2.05, 4.69) is 27.1 Å². The maximum absolute atomic E-state index is 8.11. The van der Waals surface area contributed by atoms with Crippen molar-refractivity contribution in [2.24, 2.45) is 0 Å². The molecule has 9 heavy (non-hydrogen) atoms. The molecule has 0 rings (SSSR count). The maximum atomic E-state index is 8.11. The van der Waals surface area contributed by atoms with Crippen LogP contribution < -0.4 is 0 Å². The minimum atomic E-state index is -1.11. The van der Waals surface area contributed by atoms with E-state index in [-0.39, 0.29) is 6.79 Å². The highest BCUT2D eigenvalue weighted by Gasteiger charge is 1.83. The zero-order valence-electron chi connectivity index (χ0n) is 4.65. The predicted octanol–water partition coefficient (Wildman–Crippen LogP) is -0.841. The summed E-state index contributed by atoms with van der Waals surface area (Å²) in [6.45, 7) is 0.442. The van der Waals surface area contributed by atoms with E-state index in [1.165, 1.54) is 0 Å². The molecule has 56 valence electrons. The van der Waals surface area contributed by atoms with Crippen molar-refractivity contribution in [1.29, 1.82) is 0 Å². The first kappa shape index (κ1) is 9.67. The number of ether oxygens (including phenoxy) is 1. The van der Waals surface area contributed by atoms with Crippen LogP contribution in [0.3, 0.4) is 0 Å². The number of aliphatic hydroxyl groups is 1. The zero-order valence-corrected chi connectivity index (χ0v) is 7.18. The van der Waals surface area contributed by atoms with Gasteiger partial charge in [-0.05, 0) is 22.4 Å². The fourth-order valence-electron chi connectivity index (χ4n) is 0.235. The highest BCUT2D eigenvalue weighted by molar-refractivity contribution is 8.44. The van der Waals surface area contributed by atoms with Gasteiger partial charge in [-0.15, -0.1) is 0 Å². The molecule has 0 fully saturated rings. The lowest BCUT2D eigenvalue weighted by atomic mass is 10.8. The summed E-state index contributed by atoms with van der Waals surface area (Å²) in [4.78, 5) is 0. The van der Waals surface area contributed by atoms with Gasteiger partial charge in [0.05, 0.1) is 13.2 Å². The van der Waals surface area contributed by atoms with E-state index in [1.54, 1.807) is 0 Å². The Morgan fingerprint density at radius 2 is 2.00 bits per heavy atom. The summed E-state index contributed by atoms with van der Waals surface area (Å²) >= 11 is 9.14. The second-order valence-corrected chi connectivity index (χ2v) is 4.48. The summed E-state index contributed by atoms with van der Waals surface area (Å²) in [5.41, 5.74) is 0. The Hall–Kier alpha value is 0.670. The van der Waals surface area contributed by atoms with Gasteiger partial charge in [0, 0.05) is 8.29 Å². The Balaban J connectivity index is 2.92. The Morgan fingerprint density at radius 1 is 1.33 bits per heavy atom. The first-order valence-electron chi connectivity index (χ1n) is 2.23. The van der Waals surface area contributed by atoms with Gasteiger partial charge in [-0.1, -0.05) is 0 Å². The smallest absolute Gasteiger partial charge is 0.143 e. The fraction of sp³-hybridized carbons (Fsp3) is 1.00. The molecule has 0 aromatic rings. The van der Waals surface area contributed by atoms with E-state index in [1.807, 2.05) is 0 Å². The molecule has 0 aliphatic carbocycles. The Morgan fingerprint density at radius 3 is 2.44 bits per heavy atom. The molecule has 1 N–H and O–H groups in total. The quantitative estimate of drug-likeness (QED) is 0.334. The molecule has 3 nitrogen and oxygen atoms in total. The summed E-state index contributed by atoms with van der Waals surface area (Å²) in [7, 11) is -1.11. The summed E-state index contributed by atoms with van der Waals surface area (Å²) in [5, 5.41) is 8.11. The van der Waals surface area contributed by atoms with Crippen LogP contribution in [-0.2, 0) is 39.6 Å². The molecule has 0 saturated heterocycles. The molecule has 0 bridgehead atoms. The predicted molar refractivity (Wildman–Crippen MR) is 42.5 cm³/mol. The van der Waals surface area contributed by atoms with Crippen molar-refractivity contribution in [2.75, 3.05) is 20.0 Å². The van der Waals surface area contributed by atoms with Crippen LogP contribution in [0.25, 0.3) is 0 Å². The highest BCUT2D eigenvalue weighted by Crippen LogP contribution is 1.76. The van der Waals surface area contributed by atoms with Gasteiger partial charge in [0.25, 0.3) is 0 Å². The minimum Gasteiger partial charge on any atom is -0.371 e. The van der Waals surface area contributed by atoms with Crippen molar-refractivity contribution in [3.63, 3.8) is 0 Å². The monoisotopic (exact) mass is 188 g/mol. The molecule has 0 saturated carbocycles. The second-order valence-electron chi connectivity index (χ2n) is 1.09. The van der Waals surface area contributed by atoms with Gasteiger partial charge in [0.2, 0.25) is 0 Å². The largest absolute Gasteiger partial charge is 0.371 e. The van der Waals surface area contributed by atoms with Crippen molar-refractivity contribution >= 4 is 30.7 Å². The Labute approximate surface area is 65.0 Å². The molecule has 0 spiro atoms. The van der Waals surface area contributed by atoms with Crippen LogP contribution in [-0.4, -0.2) is 25.1 Å². The summed E-state index contributed by atoms with van der Waals surface area (Å²) in [6, 6.07) is 0. The van der Waals surface area contributed by atoms with Crippen molar-refractivity contribution < 1.29 is 14.0 Å². The van der Waals surface area contributed by atoms with Gasteiger partial charge in [-0.25, -0.2) is 0 Å². The van der Waals surface area contributed by atoms with Gasteiger partial charge in [0.15, 0.2) is 0 Å². The third-order valence-corrected chi connectivity index (χ3v) is 1.54. The van der Waals surface area contributed by atoms with E-state index in [9.17, 15) is 0 Å². The maximum Gasteiger partial charge on any atom is 0.143 e. The first-order valence-corrected chi connectivity index (χ1v) is 5.52. The van der Waals surface area contributed by atoms with Crippen LogP contribution in [0.4, 0.5) is 0 Å². The number of thiol groups is 1. The molecule has 0 aliphatic rings. The summed E-state index contributed by atoms with van der Waals surface area (Å²) < 4.78 is 9.33. The van der Waals surface area contributed by atoms with Crippen LogP contribution >= 0.6 is 0 Å². The van der Waals surface area contributed by atoms with Gasteiger partial charge < -0.3 is 14.0 Å². The minimum absolute atomic E-state index is 0.282. The van der Waals surface area contributed by atoms with E-state index in [0.717, 1.165) is 0 Å². The van der Waals surface area contributed by atoms with Gasteiger partial charge in [-0.3, -0.25) is 0 Å². The van der Waals surface area contributed by atoms with Crippen LogP contribution in [0.1, 0.15) is 0 Å². The normalized spacial score (nSPS) is 10.4. The Bertz CT molecular complexity index is 113. The lowest BCUT2D eigenvalue weighted by Crippen LogP contribution is -2.02. The van der Waals surface area contributed by atoms with Gasteiger partial charge >= 0.3 is 0 Å². The van der Waals surface area contributed by atoms with Crippen molar-refractivity contribution in [2.45, 2.75) is 0 Å². The third kappa shape index (κ3) is 8.67. The van der Waals surface area contributed by atoms with Crippen molar-refractivity contribution in [3.8, 4) is 0 Å². The van der Waals surface area contributed by atoms with Crippen molar-refractivity contribution in [3.05, 3.63) is 0 Å². The highest BCUT2D eigenvalue weighted by atomic mass is 33.1. The van der Waals surface area contributed by atoms with Gasteiger partial charge in [-0.2, -0.15) is 0 Å². The molecule has 0 aromatic carbocycles. The molecule has 6 heteroatoms. The topological polar surface area (TPSA) is 38.7 Å². The first-order chi connectivity index (χ1) is 4.27. The molecule has 0 unspecified atom stereocenters. The average Bonchev–Trinajstić information content (AvgIpc) is 1.80. The van der Waals surface area contributed by atoms with Crippen LogP contribution in [0.2, 0.25) is 0 Å². The molecule has 0 aliphatic heterocycles. The van der Waals surface area contributed by atoms with E-state index in [0.29, 0.717) is 13.2 Å². The molecular formula is C3H8O3S3. The number of rotatable bonds is 5. The fourth-order valence-corrected chi connectivity index (χ4v) is 0.906. The molecule has 0 amide bonds. The lowest BCUT2D eigenvalue weighted by Gasteiger charge is -1.97. The molecular weight excluding hydrogens is 180 g/mol. The second kappa shape index (κ2) is 6.79. The van der Waals surface area contributed by atoms with E-state index in [4.69, 9.17) is 9.29 Å². The zero-order chi connectivity index (χ0) is 7.11. The van der Waals surface area contributed by atoms with Crippen LogP contribution in [0, 0.1) is 0 Å². The van der Waals surface area contributed by atoms with Crippen LogP contribution in [0.15, 0.2) is 0 Å². The van der Waals surface area contributed by atoms with Gasteiger partial charge in [0.1, 0.15) is 6.79 Å². The average molecular weight is 188 g/mol. The molecule has 0 radical (unpaired) electrons. The third-order valence-electron chi connectivity index (χ3n) is 0.516. The number of hydrogen-bond donors (Lipinski definition) is 2. The lowest BCUT2D eigenvalue weighted by molar-refractivity contribution is -0.0106. The molecule has 0 atom stereocenters. The number of aliphatic hydroxyl groups excluding tert-OH is 1. The Kier molecular flexibility index (Phi) is 7.29. The van der Waals surface area contributed by atoms with E-state index < -0.39 is 8.29 Å². The number of hydrogen-bond acceptors (Lipinski definition) is 5. The molecule has 0 heterocycles. The van der Waals surface area contributed by atoms with E-state index >= 15 is 0 Å². The molecule has 0 aromatic heterocycles. The van der Waals surface area contributed by atoms with Crippen LogP contribution in [0.5, 0.6) is 0 Å². The summed E-state index contributed by atoms with van der Waals surface area (Å²) in [5.74, 6) is 0. The summed E-state index contributed by atoms with van der Waals surface area (Å²) in [6.07, 6.45) is 0. The SMILES string of the molecule is OCOCCO[SH](=S)=S. The standard InChI is InChI=1S/C3H8O3S3/c4-3-5-1-2-6-9(7)8/h4,9H,1-3H2. The van der Waals surface area contributed by atoms with Crippen molar-refractivity contribution in [1.82, 2.24) is 0 Å².